The highest BCUT2D eigenvalue weighted by molar-refractivity contribution is 5.83. The minimum absolute atomic E-state index is 0.225. The molecule has 0 aromatic heterocycles. The summed E-state index contributed by atoms with van der Waals surface area (Å²) < 4.78 is 0. The number of hydrogen-bond donors (Lipinski definition) is 4. The zero-order chi connectivity index (χ0) is 26.0. The number of urea groups is 1. The van der Waals surface area contributed by atoms with Crippen LogP contribution in [-0.2, 0) is 9.59 Å². The number of carboxylic acid groups (broad SMARTS) is 1. The van der Waals surface area contributed by atoms with Crippen LogP contribution < -0.4 is 16.4 Å². The second-order valence-electron chi connectivity index (χ2n) is 9.29. The molecule has 0 fully saturated rings. The molecule has 202 valence electrons. The third-order valence-corrected chi connectivity index (χ3v) is 5.96. The minimum Gasteiger partial charge on any atom is -0.480 e. The summed E-state index contributed by atoms with van der Waals surface area (Å²) in [6.45, 7) is 2.53. The number of carbonyl (C=O) groups excluding carboxylic acids is 2. The summed E-state index contributed by atoms with van der Waals surface area (Å²) in [7, 11) is 0. The van der Waals surface area contributed by atoms with Gasteiger partial charge in [0.2, 0.25) is 5.91 Å². The van der Waals surface area contributed by atoms with Gasteiger partial charge in [-0.05, 0) is 51.4 Å². The van der Waals surface area contributed by atoms with E-state index in [9.17, 15) is 19.5 Å². The van der Waals surface area contributed by atoms with Gasteiger partial charge in [0.25, 0.3) is 0 Å². The molecule has 0 radical (unpaired) electrons. The fourth-order valence-corrected chi connectivity index (χ4v) is 3.85. The molecule has 0 spiro atoms. The summed E-state index contributed by atoms with van der Waals surface area (Å²) >= 11 is 0. The van der Waals surface area contributed by atoms with Crippen LogP contribution in [0.2, 0.25) is 0 Å². The number of nitrogens with two attached hydrogens (primary N) is 1. The summed E-state index contributed by atoms with van der Waals surface area (Å²) in [5, 5.41) is 14.2. The SMILES string of the molecule is CCCCC/C=C\C/C=C\CCCCCCCCCCCC(=O)N[C@@H](CCCNC(N)=O)C(=O)O. The highest BCUT2D eigenvalue weighted by atomic mass is 16.4. The van der Waals surface area contributed by atoms with Gasteiger partial charge in [0.05, 0.1) is 0 Å². The first-order chi connectivity index (χ1) is 17.0. The monoisotopic (exact) mass is 493 g/mol. The lowest BCUT2D eigenvalue weighted by Gasteiger charge is -2.14. The second kappa shape index (κ2) is 24.8. The third kappa shape index (κ3) is 24.6. The number of nitrogens with one attached hydrogen (secondary N) is 2. The van der Waals surface area contributed by atoms with Crippen LogP contribution in [0.1, 0.15) is 122 Å². The molecule has 0 heterocycles. The highest BCUT2D eigenvalue weighted by Crippen LogP contribution is 2.12. The predicted octanol–water partition coefficient (Wildman–Crippen LogP) is 6.38. The number of allylic oxidation sites excluding steroid dienone is 4. The Morgan fingerprint density at radius 3 is 1.86 bits per heavy atom. The molecule has 0 aromatic carbocycles. The Balaban J connectivity index is 3.53. The highest BCUT2D eigenvalue weighted by Gasteiger charge is 2.19. The van der Waals surface area contributed by atoms with Crippen molar-refractivity contribution in [3.05, 3.63) is 24.3 Å². The lowest BCUT2D eigenvalue weighted by Crippen LogP contribution is -2.41. The number of hydrogen-bond acceptors (Lipinski definition) is 3. The van der Waals surface area contributed by atoms with E-state index in [0.29, 0.717) is 19.4 Å². The van der Waals surface area contributed by atoms with Gasteiger partial charge in [-0.15, -0.1) is 0 Å². The third-order valence-electron chi connectivity index (χ3n) is 5.96. The number of carbonyl (C=O) groups is 3. The van der Waals surface area contributed by atoms with Crippen LogP contribution in [0.4, 0.5) is 4.79 Å². The number of rotatable bonds is 24. The predicted molar refractivity (Wildman–Crippen MR) is 144 cm³/mol. The van der Waals surface area contributed by atoms with E-state index in [1.54, 1.807) is 0 Å². The van der Waals surface area contributed by atoms with Gasteiger partial charge in [-0.25, -0.2) is 9.59 Å². The Labute approximate surface area is 213 Å². The summed E-state index contributed by atoms with van der Waals surface area (Å²) in [6, 6.07) is -1.56. The number of unbranched alkanes of at least 4 members (excludes halogenated alkanes) is 12. The van der Waals surface area contributed by atoms with Crippen molar-refractivity contribution in [3.8, 4) is 0 Å². The summed E-state index contributed by atoms with van der Waals surface area (Å²) in [5.41, 5.74) is 4.97. The molecule has 7 heteroatoms. The van der Waals surface area contributed by atoms with E-state index in [2.05, 4.69) is 41.9 Å². The first kappa shape index (κ1) is 32.7. The van der Waals surface area contributed by atoms with E-state index in [-0.39, 0.29) is 12.3 Å². The molecule has 0 unspecified atom stereocenters. The fraction of sp³-hybridized carbons (Fsp3) is 0.750. The first-order valence-electron chi connectivity index (χ1n) is 13.8. The molecule has 7 nitrogen and oxygen atoms in total. The Kier molecular flexibility index (Phi) is 23.2. The maximum atomic E-state index is 12.0. The zero-order valence-electron chi connectivity index (χ0n) is 22.1. The van der Waals surface area contributed by atoms with Crippen molar-refractivity contribution in [2.75, 3.05) is 6.54 Å². The average molecular weight is 494 g/mol. The van der Waals surface area contributed by atoms with Gasteiger partial charge in [0.15, 0.2) is 0 Å². The Hall–Kier alpha value is -2.31. The van der Waals surface area contributed by atoms with Gasteiger partial charge in [0, 0.05) is 13.0 Å². The molecule has 0 aromatic rings. The number of carboxylic acids is 1. The van der Waals surface area contributed by atoms with Crippen LogP contribution in [-0.4, -0.2) is 35.6 Å². The number of aliphatic carboxylic acids is 1. The van der Waals surface area contributed by atoms with E-state index in [4.69, 9.17) is 5.73 Å². The molecule has 3 amide bonds. The quantitative estimate of drug-likeness (QED) is 0.0920. The van der Waals surface area contributed by atoms with Crippen molar-refractivity contribution in [2.24, 2.45) is 5.73 Å². The van der Waals surface area contributed by atoms with E-state index in [0.717, 1.165) is 25.7 Å². The molecule has 0 aliphatic rings. The topological polar surface area (TPSA) is 122 Å². The molecule has 0 aliphatic carbocycles. The fourth-order valence-electron chi connectivity index (χ4n) is 3.85. The molecular weight excluding hydrogens is 442 g/mol. The van der Waals surface area contributed by atoms with Gasteiger partial charge < -0.3 is 21.5 Å². The Morgan fingerprint density at radius 2 is 1.31 bits per heavy atom. The van der Waals surface area contributed by atoms with Crippen molar-refractivity contribution in [2.45, 2.75) is 129 Å². The van der Waals surface area contributed by atoms with Crippen molar-refractivity contribution < 1.29 is 19.5 Å². The Morgan fingerprint density at radius 1 is 0.771 bits per heavy atom. The maximum Gasteiger partial charge on any atom is 0.326 e. The van der Waals surface area contributed by atoms with Crippen molar-refractivity contribution in [1.29, 1.82) is 0 Å². The number of amides is 3. The van der Waals surface area contributed by atoms with E-state index >= 15 is 0 Å². The lowest BCUT2D eigenvalue weighted by atomic mass is 10.1. The van der Waals surface area contributed by atoms with Crippen LogP contribution in [0.3, 0.4) is 0 Å². The Bertz CT molecular complexity index is 605. The summed E-state index contributed by atoms with van der Waals surface area (Å²) in [5.74, 6) is -1.28. The van der Waals surface area contributed by atoms with Crippen molar-refractivity contribution in [1.82, 2.24) is 10.6 Å². The molecule has 0 bridgehead atoms. The normalized spacial score (nSPS) is 12.3. The molecule has 0 saturated heterocycles. The van der Waals surface area contributed by atoms with E-state index < -0.39 is 18.0 Å². The summed E-state index contributed by atoms with van der Waals surface area (Å²) in [6.07, 6.45) is 28.0. The smallest absolute Gasteiger partial charge is 0.326 e. The lowest BCUT2D eigenvalue weighted by molar-refractivity contribution is -0.142. The molecule has 5 N–H and O–H groups in total. The van der Waals surface area contributed by atoms with Gasteiger partial charge in [-0.3, -0.25) is 4.79 Å². The van der Waals surface area contributed by atoms with E-state index in [1.807, 2.05) is 0 Å². The van der Waals surface area contributed by atoms with Gasteiger partial charge >= 0.3 is 12.0 Å². The second-order valence-corrected chi connectivity index (χ2v) is 9.29. The molecule has 0 rings (SSSR count). The van der Waals surface area contributed by atoms with Gasteiger partial charge in [-0.1, -0.05) is 89.0 Å². The van der Waals surface area contributed by atoms with E-state index in [1.165, 1.54) is 70.6 Å². The molecule has 1 atom stereocenters. The van der Waals surface area contributed by atoms with Gasteiger partial charge in [-0.2, -0.15) is 0 Å². The first-order valence-corrected chi connectivity index (χ1v) is 13.8. The standard InChI is InChI=1S/C28H51N3O4/c1-2-3-4-5-6-7-8-9-10-11-12-13-14-15-16-17-18-19-20-23-26(32)31-25(27(33)34)22-21-24-30-28(29)35/h6-7,9-10,25H,2-5,8,11-24H2,1H3,(H,31,32)(H,33,34)(H3,29,30,35)/b7-6-,10-9-/t25-/m0/s1. The number of primary amides is 1. The summed E-state index contributed by atoms with van der Waals surface area (Å²) in [4.78, 5) is 33.9. The van der Waals surface area contributed by atoms with Crippen LogP contribution in [0.25, 0.3) is 0 Å². The van der Waals surface area contributed by atoms with Crippen molar-refractivity contribution in [3.63, 3.8) is 0 Å². The molecule has 0 aliphatic heterocycles. The molecule has 0 saturated carbocycles. The van der Waals surface area contributed by atoms with Crippen LogP contribution >= 0.6 is 0 Å². The van der Waals surface area contributed by atoms with Crippen molar-refractivity contribution >= 4 is 17.9 Å². The molecular formula is C28H51N3O4. The van der Waals surface area contributed by atoms with Gasteiger partial charge in [0.1, 0.15) is 6.04 Å². The maximum absolute atomic E-state index is 12.0. The van der Waals surface area contributed by atoms with Crippen LogP contribution in [0.5, 0.6) is 0 Å². The minimum atomic E-state index is -1.06. The van der Waals surface area contributed by atoms with Crippen LogP contribution in [0, 0.1) is 0 Å². The molecule has 35 heavy (non-hydrogen) atoms. The largest absolute Gasteiger partial charge is 0.480 e. The van der Waals surface area contributed by atoms with Crippen LogP contribution in [0.15, 0.2) is 24.3 Å². The zero-order valence-corrected chi connectivity index (χ0v) is 22.1. The average Bonchev–Trinajstić information content (AvgIpc) is 2.82.